The molecule has 1 aromatic carbocycles. The smallest absolute Gasteiger partial charge is 0.169 e. The molecule has 2 saturated heterocycles. The number of piperidine rings is 1. The zero-order chi connectivity index (χ0) is 17.3. The number of nitrogens with two attached hydrogens (primary N) is 1. The van der Waals surface area contributed by atoms with Gasteiger partial charge in [-0.2, -0.15) is 0 Å². The largest absolute Gasteiger partial charge is 0.507 e. The zero-order valence-corrected chi connectivity index (χ0v) is 14.1. The minimum atomic E-state index is -0.165. The molecule has 2 aliphatic heterocycles. The number of phenolic OH excluding ortho intramolecular Hbond substituents is 1. The number of para-hydroxylation sites is 1. The molecule has 1 spiro atoms. The van der Waals surface area contributed by atoms with Gasteiger partial charge in [-0.25, -0.2) is 0 Å². The molecular formula is C18H23N5O2. The first-order chi connectivity index (χ1) is 12.2. The summed E-state index contributed by atoms with van der Waals surface area (Å²) in [5.41, 5.74) is 8.07. The maximum absolute atomic E-state index is 10.1. The van der Waals surface area contributed by atoms with Gasteiger partial charge in [-0.15, -0.1) is 10.2 Å². The van der Waals surface area contributed by atoms with Gasteiger partial charge in [0.05, 0.1) is 23.6 Å². The number of nitrogens with one attached hydrogen (secondary N) is 1. The molecule has 4 rings (SSSR count). The molecular weight excluding hydrogens is 318 g/mol. The maximum Gasteiger partial charge on any atom is 0.169 e. The number of aromatic nitrogens is 2. The van der Waals surface area contributed by atoms with Crippen LogP contribution in [0.4, 0.5) is 11.5 Å². The molecule has 1 atom stereocenters. The summed E-state index contributed by atoms with van der Waals surface area (Å²) >= 11 is 0. The number of hydrogen-bond acceptors (Lipinski definition) is 7. The Kier molecular flexibility index (Phi) is 4.19. The second-order valence-electron chi connectivity index (χ2n) is 6.75. The van der Waals surface area contributed by atoms with Gasteiger partial charge >= 0.3 is 0 Å². The van der Waals surface area contributed by atoms with Crippen LogP contribution in [-0.2, 0) is 4.74 Å². The number of benzene rings is 1. The zero-order valence-electron chi connectivity index (χ0n) is 14.1. The summed E-state index contributed by atoms with van der Waals surface area (Å²) in [6.45, 7) is 4.17. The van der Waals surface area contributed by atoms with Gasteiger partial charge in [-0.1, -0.05) is 12.1 Å². The summed E-state index contributed by atoms with van der Waals surface area (Å²) in [5, 5.41) is 21.8. The van der Waals surface area contributed by atoms with Gasteiger partial charge in [0.2, 0.25) is 0 Å². The summed E-state index contributed by atoms with van der Waals surface area (Å²) in [7, 11) is 0. The monoisotopic (exact) mass is 341 g/mol. The van der Waals surface area contributed by atoms with Gasteiger partial charge in [0, 0.05) is 31.7 Å². The molecule has 4 N–H and O–H groups in total. The first-order valence-corrected chi connectivity index (χ1v) is 8.68. The molecule has 7 nitrogen and oxygen atoms in total. The van der Waals surface area contributed by atoms with Crippen LogP contribution in [0.2, 0.25) is 0 Å². The van der Waals surface area contributed by atoms with E-state index in [0.29, 0.717) is 17.1 Å². The number of nitrogen functional groups attached to an aromatic ring is 1. The molecule has 2 aliphatic rings. The minimum Gasteiger partial charge on any atom is -0.507 e. The number of rotatable bonds is 2. The molecule has 2 aromatic rings. The van der Waals surface area contributed by atoms with Crippen LogP contribution in [0, 0.1) is 0 Å². The van der Waals surface area contributed by atoms with E-state index in [1.807, 2.05) is 18.2 Å². The third-order valence-electron chi connectivity index (χ3n) is 5.00. The average molecular weight is 341 g/mol. The van der Waals surface area contributed by atoms with Crippen LogP contribution in [-0.4, -0.2) is 53.7 Å². The first kappa shape index (κ1) is 16.1. The van der Waals surface area contributed by atoms with E-state index in [1.165, 1.54) is 0 Å². The Labute approximate surface area is 146 Å². The number of aromatic hydroxyl groups is 1. The summed E-state index contributed by atoms with van der Waals surface area (Å²) < 4.78 is 6.11. The summed E-state index contributed by atoms with van der Waals surface area (Å²) in [5.74, 6) is 0.586. The minimum absolute atomic E-state index is 0.165. The Bertz CT molecular complexity index is 755. The molecule has 0 aliphatic carbocycles. The quantitative estimate of drug-likeness (QED) is 0.759. The molecule has 0 amide bonds. The molecule has 3 heterocycles. The van der Waals surface area contributed by atoms with E-state index in [2.05, 4.69) is 20.4 Å². The van der Waals surface area contributed by atoms with Gasteiger partial charge in [0.1, 0.15) is 5.75 Å². The van der Waals surface area contributed by atoms with Crippen molar-refractivity contribution in [3.05, 3.63) is 30.3 Å². The molecule has 132 valence electrons. The molecule has 25 heavy (non-hydrogen) atoms. The third-order valence-corrected chi connectivity index (χ3v) is 5.00. The fourth-order valence-corrected chi connectivity index (χ4v) is 3.74. The van der Waals surface area contributed by atoms with Crippen molar-refractivity contribution in [3.8, 4) is 17.0 Å². The van der Waals surface area contributed by atoms with E-state index in [1.54, 1.807) is 12.1 Å². The normalized spacial score (nSPS) is 23.8. The highest BCUT2D eigenvalue weighted by Crippen LogP contribution is 2.35. The van der Waals surface area contributed by atoms with Gasteiger partial charge in [0.15, 0.2) is 5.82 Å². The Morgan fingerprint density at radius 2 is 2.16 bits per heavy atom. The predicted molar refractivity (Wildman–Crippen MR) is 96.5 cm³/mol. The highest BCUT2D eigenvalue weighted by molar-refractivity contribution is 5.74. The fourth-order valence-electron chi connectivity index (χ4n) is 3.74. The number of anilines is 2. The Morgan fingerprint density at radius 3 is 2.96 bits per heavy atom. The summed E-state index contributed by atoms with van der Waals surface area (Å²) in [6.07, 6.45) is 2.08. The van der Waals surface area contributed by atoms with Crippen molar-refractivity contribution in [2.45, 2.75) is 18.4 Å². The maximum atomic E-state index is 10.1. The lowest BCUT2D eigenvalue weighted by molar-refractivity contribution is -0.0725. The highest BCUT2D eigenvalue weighted by Gasteiger charge is 2.38. The number of morpholine rings is 1. The van der Waals surface area contributed by atoms with Crippen molar-refractivity contribution in [1.82, 2.24) is 15.5 Å². The molecule has 2 fully saturated rings. The van der Waals surface area contributed by atoms with E-state index in [0.717, 1.165) is 51.3 Å². The van der Waals surface area contributed by atoms with Crippen molar-refractivity contribution in [2.24, 2.45) is 0 Å². The Morgan fingerprint density at radius 1 is 1.28 bits per heavy atom. The van der Waals surface area contributed by atoms with Crippen molar-refractivity contribution < 1.29 is 9.84 Å². The van der Waals surface area contributed by atoms with Crippen LogP contribution in [0.25, 0.3) is 11.3 Å². The highest BCUT2D eigenvalue weighted by atomic mass is 16.5. The second-order valence-corrected chi connectivity index (χ2v) is 6.75. The third kappa shape index (κ3) is 3.12. The first-order valence-electron chi connectivity index (χ1n) is 8.68. The van der Waals surface area contributed by atoms with Gasteiger partial charge in [0.25, 0.3) is 0 Å². The van der Waals surface area contributed by atoms with E-state index in [9.17, 15) is 5.11 Å². The lowest BCUT2D eigenvalue weighted by Gasteiger charge is -2.45. The Balaban J connectivity index is 1.65. The van der Waals surface area contributed by atoms with E-state index < -0.39 is 0 Å². The van der Waals surface area contributed by atoms with E-state index in [4.69, 9.17) is 10.5 Å². The predicted octanol–water partition coefficient (Wildman–Crippen LogP) is 1.39. The molecule has 0 bridgehead atoms. The van der Waals surface area contributed by atoms with Gasteiger partial charge < -0.3 is 25.8 Å². The van der Waals surface area contributed by atoms with Crippen LogP contribution in [0.5, 0.6) is 5.75 Å². The van der Waals surface area contributed by atoms with Crippen LogP contribution >= 0.6 is 0 Å². The van der Waals surface area contributed by atoms with Gasteiger partial charge in [-0.05, 0) is 31.0 Å². The van der Waals surface area contributed by atoms with Crippen LogP contribution in [0.15, 0.2) is 30.3 Å². The number of phenols is 1. The number of nitrogens with zero attached hydrogens (tertiary/aromatic N) is 3. The number of ether oxygens (including phenoxy) is 1. The van der Waals surface area contributed by atoms with Crippen molar-refractivity contribution in [2.75, 3.05) is 43.4 Å². The molecule has 1 aromatic heterocycles. The summed E-state index contributed by atoms with van der Waals surface area (Å²) in [4.78, 5) is 2.23. The Hall–Kier alpha value is -2.38. The molecule has 0 radical (unpaired) electrons. The van der Waals surface area contributed by atoms with E-state index in [-0.39, 0.29) is 11.4 Å². The molecule has 1 unspecified atom stereocenters. The molecule has 7 heteroatoms. The number of hydrogen-bond donors (Lipinski definition) is 3. The van der Waals surface area contributed by atoms with Gasteiger partial charge in [-0.3, -0.25) is 0 Å². The SMILES string of the molecule is Nc1nnc(-c2ccccc2O)cc1N1CCCC2(CNCCO2)C1. The van der Waals surface area contributed by atoms with Crippen LogP contribution < -0.4 is 16.0 Å². The standard InChI is InChI=1S/C18H23N5O2/c19-17-15(10-14(21-22-17)13-4-1-2-5-16(13)24)23-8-3-6-18(12-23)11-20-7-9-25-18/h1-2,4-5,10,20,24H,3,6-9,11-12H2,(H2,19,22). The average Bonchev–Trinajstić information content (AvgIpc) is 2.63. The fraction of sp³-hybridized carbons (Fsp3) is 0.444. The van der Waals surface area contributed by atoms with Crippen molar-refractivity contribution >= 4 is 11.5 Å². The lowest BCUT2D eigenvalue weighted by atomic mass is 9.91. The van der Waals surface area contributed by atoms with Crippen molar-refractivity contribution in [3.63, 3.8) is 0 Å². The lowest BCUT2D eigenvalue weighted by Crippen LogP contribution is -2.59. The van der Waals surface area contributed by atoms with E-state index >= 15 is 0 Å². The molecule has 0 saturated carbocycles. The van der Waals surface area contributed by atoms with Crippen LogP contribution in [0.1, 0.15) is 12.8 Å². The summed E-state index contributed by atoms with van der Waals surface area (Å²) in [6, 6.07) is 9.03. The van der Waals surface area contributed by atoms with Crippen molar-refractivity contribution in [1.29, 1.82) is 0 Å². The van der Waals surface area contributed by atoms with Crippen LogP contribution in [0.3, 0.4) is 0 Å². The topological polar surface area (TPSA) is 96.5 Å². The second kappa shape index (κ2) is 6.50.